The van der Waals surface area contributed by atoms with Crippen molar-refractivity contribution in [1.29, 1.82) is 0 Å². The quantitative estimate of drug-likeness (QED) is 0.557. The van der Waals surface area contributed by atoms with Crippen molar-refractivity contribution in [3.05, 3.63) is 72.1 Å². The molecule has 23 heavy (non-hydrogen) atoms. The molecule has 2 aromatic carbocycles. The van der Waals surface area contributed by atoms with E-state index in [9.17, 15) is 0 Å². The van der Waals surface area contributed by atoms with E-state index >= 15 is 0 Å². The third kappa shape index (κ3) is 2.34. The van der Waals surface area contributed by atoms with Crippen LogP contribution in [-0.4, -0.2) is 16.7 Å². The number of rotatable bonds is 3. The molecule has 4 rings (SSSR count). The zero-order valence-electron chi connectivity index (χ0n) is 13.3. The number of hydrogen-bond donors (Lipinski definition) is 0. The molecule has 2 aliphatic rings. The summed E-state index contributed by atoms with van der Waals surface area (Å²) in [7, 11) is 1.68. The average Bonchev–Trinajstić information content (AvgIpc) is 2.97. The summed E-state index contributed by atoms with van der Waals surface area (Å²) in [6.07, 6.45) is 2.15. The van der Waals surface area contributed by atoms with Crippen molar-refractivity contribution in [2.24, 2.45) is 0 Å². The molecule has 0 radical (unpaired) electrons. The minimum absolute atomic E-state index is 0.843. The highest BCUT2D eigenvalue weighted by molar-refractivity contribution is 5.98. The van der Waals surface area contributed by atoms with E-state index < -0.39 is 0 Å². The van der Waals surface area contributed by atoms with E-state index in [2.05, 4.69) is 54.1 Å². The first kappa shape index (κ1) is 13.8. The molecule has 0 unspecified atom stereocenters. The van der Waals surface area contributed by atoms with Gasteiger partial charge < -0.3 is 9.30 Å². The molecule has 0 amide bonds. The fourth-order valence-corrected chi connectivity index (χ4v) is 3.08. The monoisotopic (exact) mass is 302 g/mol. The van der Waals surface area contributed by atoms with Gasteiger partial charge in [0.15, 0.2) is 0 Å². The number of methoxy groups -OCH3 is 1. The summed E-state index contributed by atoms with van der Waals surface area (Å²) in [5.41, 5.74) is 5.72. The van der Waals surface area contributed by atoms with Gasteiger partial charge in [0, 0.05) is 35.5 Å². The SMILES string of the molecule is COc1ccc2c3ccn(Cc4ccccc4)c(C)c-3nc2c1. The zero-order valence-corrected chi connectivity index (χ0v) is 13.3. The molecule has 0 saturated carbocycles. The van der Waals surface area contributed by atoms with Gasteiger partial charge in [-0.1, -0.05) is 30.3 Å². The summed E-state index contributed by atoms with van der Waals surface area (Å²) in [4.78, 5) is 4.82. The Hall–Kier alpha value is -2.81. The second-order valence-electron chi connectivity index (χ2n) is 5.77. The maximum atomic E-state index is 5.31. The van der Waals surface area contributed by atoms with E-state index in [4.69, 9.17) is 9.72 Å². The molecule has 0 bridgehead atoms. The van der Waals surface area contributed by atoms with Gasteiger partial charge in [-0.3, -0.25) is 0 Å². The van der Waals surface area contributed by atoms with Crippen LogP contribution in [0.5, 0.6) is 5.75 Å². The standard InChI is InChI=1S/C20H18N2O/c1-14-20-18(17-9-8-16(23-2)12-19(17)21-20)10-11-22(14)13-15-6-4-3-5-7-15/h3-12H,13H2,1-2H3. The average molecular weight is 302 g/mol. The largest absolute Gasteiger partial charge is 0.497 e. The topological polar surface area (TPSA) is 27.1 Å². The Kier molecular flexibility index (Phi) is 3.27. The smallest absolute Gasteiger partial charge is 0.121 e. The van der Waals surface area contributed by atoms with E-state index in [0.717, 1.165) is 23.5 Å². The Morgan fingerprint density at radius 1 is 1.04 bits per heavy atom. The van der Waals surface area contributed by atoms with Crippen LogP contribution >= 0.6 is 0 Å². The van der Waals surface area contributed by atoms with Crippen LogP contribution in [0.15, 0.2) is 60.8 Å². The van der Waals surface area contributed by atoms with E-state index in [1.165, 1.54) is 22.2 Å². The van der Waals surface area contributed by atoms with Gasteiger partial charge in [0.1, 0.15) is 5.75 Å². The van der Waals surface area contributed by atoms with Crippen molar-refractivity contribution < 1.29 is 4.74 Å². The number of fused-ring (bicyclic) bond motifs is 3. The molecule has 0 spiro atoms. The van der Waals surface area contributed by atoms with Gasteiger partial charge >= 0.3 is 0 Å². The van der Waals surface area contributed by atoms with Crippen LogP contribution in [-0.2, 0) is 6.54 Å². The zero-order chi connectivity index (χ0) is 15.8. The second-order valence-corrected chi connectivity index (χ2v) is 5.77. The van der Waals surface area contributed by atoms with Crippen LogP contribution in [0.3, 0.4) is 0 Å². The van der Waals surface area contributed by atoms with Gasteiger partial charge in [0.2, 0.25) is 0 Å². The summed E-state index contributed by atoms with van der Waals surface area (Å²) in [5, 5.41) is 1.18. The van der Waals surface area contributed by atoms with Crippen molar-refractivity contribution in [2.75, 3.05) is 7.11 Å². The first-order chi connectivity index (χ1) is 11.3. The summed E-state index contributed by atoms with van der Waals surface area (Å²) in [5.74, 6) is 0.843. The highest BCUT2D eigenvalue weighted by Gasteiger charge is 2.16. The minimum atomic E-state index is 0.843. The minimum Gasteiger partial charge on any atom is -0.497 e. The molecule has 3 nitrogen and oxygen atoms in total. The van der Waals surface area contributed by atoms with Crippen molar-refractivity contribution in [1.82, 2.24) is 9.55 Å². The van der Waals surface area contributed by atoms with Crippen LogP contribution in [0.1, 0.15) is 11.3 Å². The van der Waals surface area contributed by atoms with Gasteiger partial charge in [-0.25, -0.2) is 4.98 Å². The number of aromatic nitrogens is 2. The van der Waals surface area contributed by atoms with Crippen LogP contribution in [0, 0.1) is 6.92 Å². The van der Waals surface area contributed by atoms with Gasteiger partial charge in [0.25, 0.3) is 0 Å². The van der Waals surface area contributed by atoms with E-state index in [0.29, 0.717) is 0 Å². The first-order valence-electron chi connectivity index (χ1n) is 7.73. The van der Waals surface area contributed by atoms with Gasteiger partial charge in [-0.15, -0.1) is 0 Å². The van der Waals surface area contributed by atoms with Gasteiger partial charge in [0.05, 0.1) is 18.3 Å². The lowest BCUT2D eigenvalue weighted by molar-refractivity contribution is 0.415. The van der Waals surface area contributed by atoms with Crippen LogP contribution < -0.4 is 4.74 Å². The van der Waals surface area contributed by atoms with Crippen molar-refractivity contribution in [3.63, 3.8) is 0 Å². The summed E-state index contributed by atoms with van der Waals surface area (Å²) < 4.78 is 7.56. The van der Waals surface area contributed by atoms with Crippen LogP contribution in [0.25, 0.3) is 22.2 Å². The molecule has 0 aliphatic carbocycles. The second kappa shape index (κ2) is 5.43. The molecule has 0 atom stereocenters. The molecule has 2 heterocycles. The van der Waals surface area contributed by atoms with Crippen molar-refractivity contribution in [2.45, 2.75) is 13.5 Å². The van der Waals surface area contributed by atoms with Crippen molar-refractivity contribution in [3.8, 4) is 17.0 Å². The summed E-state index contributed by atoms with van der Waals surface area (Å²) in [6.45, 7) is 2.99. The van der Waals surface area contributed by atoms with Crippen LogP contribution in [0.4, 0.5) is 0 Å². The predicted molar refractivity (Wildman–Crippen MR) is 93.2 cm³/mol. The predicted octanol–water partition coefficient (Wildman–Crippen LogP) is 4.51. The first-order valence-corrected chi connectivity index (χ1v) is 7.73. The number of nitrogens with zero attached hydrogens (tertiary/aromatic N) is 2. The molecule has 3 heteroatoms. The number of pyridine rings is 1. The number of ether oxygens (including phenoxy) is 1. The fourth-order valence-electron chi connectivity index (χ4n) is 3.08. The summed E-state index contributed by atoms with van der Waals surface area (Å²) >= 11 is 0. The third-order valence-electron chi connectivity index (χ3n) is 4.37. The van der Waals surface area contributed by atoms with E-state index in [-0.39, 0.29) is 0 Å². The van der Waals surface area contributed by atoms with Gasteiger partial charge in [-0.05, 0) is 30.7 Å². The molecule has 0 saturated heterocycles. The number of hydrogen-bond acceptors (Lipinski definition) is 2. The maximum absolute atomic E-state index is 5.31. The van der Waals surface area contributed by atoms with Crippen molar-refractivity contribution >= 4 is 10.9 Å². The molecule has 0 N–H and O–H groups in total. The molecule has 2 aromatic rings. The lowest BCUT2D eigenvalue weighted by Gasteiger charge is -2.14. The normalized spacial score (nSPS) is 11.2. The molecule has 0 fully saturated rings. The fraction of sp³-hybridized carbons (Fsp3) is 0.150. The highest BCUT2D eigenvalue weighted by atomic mass is 16.5. The Balaban J connectivity index is 1.84. The molecule has 114 valence electrons. The lowest BCUT2D eigenvalue weighted by atomic mass is 10.1. The summed E-state index contributed by atoms with van der Waals surface area (Å²) in [6, 6.07) is 18.7. The lowest BCUT2D eigenvalue weighted by Crippen LogP contribution is -2.06. The Bertz CT molecular complexity index is 941. The van der Waals surface area contributed by atoms with Gasteiger partial charge in [-0.2, -0.15) is 0 Å². The molecular weight excluding hydrogens is 284 g/mol. The maximum Gasteiger partial charge on any atom is 0.121 e. The van der Waals surface area contributed by atoms with E-state index in [1.807, 2.05) is 18.2 Å². The van der Waals surface area contributed by atoms with Crippen LogP contribution in [0.2, 0.25) is 0 Å². The van der Waals surface area contributed by atoms with E-state index in [1.54, 1.807) is 7.11 Å². The highest BCUT2D eigenvalue weighted by Crippen LogP contribution is 2.34. The Labute approximate surface area is 135 Å². The molecular formula is C20H18N2O. The third-order valence-corrected chi connectivity index (χ3v) is 4.37. The molecule has 2 aliphatic heterocycles. The Morgan fingerprint density at radius 2 is 1.87 bits per heavy atom. The Morgan fingerprint density at radius 3 is 2.65 bits per heavy atom. The number of benzene rings is 2. The molecule has 0 aromatic heterocycles.